The van der Waals surface area contributed by atoms with Gasteiger partial charge in [0.2, 0.25) is 0 Å². The number of rotatable bonds is 4. The van der Waals surface area contributed by atoms with Crippen molar-refractivity contribution in [1.29, 1.82) is 0 Å². The molecule has 1 amide bonds. The van der Waals surface area contributed by atoms with E-state index in [1.165, 1.54) is 12.8 Å². The summed E-state index contributed by atoms with van der Waals surface area (Å²) in [5.41, 5.74) is 6.95. The molecule has 7 heteroatoms. The Bertz CT molecular complexity index is 623. The van der Waals surface area contributed by atoms with E-state index in [-0.39, 0.29) is 36.5 Å². The van der Waals surface area contributed by atoms with E-state index in [2.05, 4.69) is 16.8 Å². The highest BCUT2D eigenvalue weighted by atomic mass is 127. The Hall–Kier alpha value is -1.51. The molecule has 0 aliphatic carbocycles. The van der Waals surface area contributed by atoms with Gasteiger partial charge in [0.05, 0.1) is 5.69 Å². The second kappa shape index (κ2) is 9.26. The number of nitrogens with zero attached hydrogens (tertiary/aromatic N) is 3. The van der Waals surface area contributed by atoms with Crippen molar-refractivity contribution in [3.05, 3.63) is 24.3 Å². The Balaban J connectivity index is 0.00000225. The number of carbonyl (C=O) groups is 1. The van der Waals surface area contributed by atoms with E-state index in [4.69, 9.17) is 10.5 Å². The predicted octanol–water partition coefficient (Wildman–Crippen LogP) is 2.47. The molecule has 0 saturated carbocycles. The smallest absolute Gasteiger partial charge is 0.265 e. The first kappa shape index (κ1) is 19.8. The number of para-hydroxylation sites is 2. The van der Waals surface area contributed by atoms with Crippen LogP contribution in [0.4, 0.5) is 5.69 Å². The summed E-state index contributed by atoms with van der Waals surface area (Å²) in [5.74, 6) is 2.07. The number of benzene rings is 1. The van der Waals surface area contributed by atoms with Crippen molar-refractivity contribution in [3.63, 3.8) is 0 Å². The number of aliphatic imine (C=N–C) groups is 1. The minimum Gasteiger partial charge on any atom is -0.482 e. The lowest BCUT2D eigenvalue weighted by Crippen LogP contribution is -2.43. The number of likely N-dealkylation sites (tertiary alicyclic amines) is 1. The number of hydrogen-bond acceptors (Lipinski definition) is 3. The third kappa shape index (κ3) is 4.99. The van der Waals surface area contributed by atoms with Crippen LogP contribution in [0.15, 0.2) is 29.3 Å². The molecule has 3 rings (SSSR count). The van der Waals surface area contributed by atoms with Crippen LogP contribution in [0.25, 0.3) is 0 Å². The molecule has 0 aromatic heterocycles. The predicted molar refractivity (Wildman–Crippen MR) is 111 cm³/mol. The van der Waals surface area contributed by atoms with Crippen LogP contribution in [-0.4, -0.2) is 49.6 Å². The van der Waals surface area contributed by atoms with E-state index in [0.717, 1.165) is 30.9 Å². The van der Waals surface area contributed by atoms with Gasteiger partial charge in [0, 0.05) is 26.2 Å². The number of nitrogens with two attached hydrogens (primary N) is 1. The first-order valence-electron chi connectivity index (χ1n) is 8.72. The molecule has 1 unspecified atom stereocenters. The number of amides is 1. The second-order valence-electron chi connectivity index (χ2n) is 6.59. The molecule has 1 aromatic rings. The van der Waals surface area contributed by atoms with E-state index in [9.17, 15) is 4.79 Å². The normalized spacial score (nSPS) is 20.6. The number of hydrogen-bond donors (Lipinski definition) is 1. The molecular weight excluding hydrogens is 431 g/mol. The van der Waals surface area contributed by atoms with Gasteiger partial charge in [0.25, 0.3) is 5.91 Å². The zero-order valence-corrected chi connectivity index (χ0v) is 17.0. The number of ether oxygens (including phenoxy) is 1. The van der Waals surface area contributed by atoms with Gasteiger partial charge in [-0.3, -0.25) is 9.79 Å². The Morgan fingerprint density at radius 2 is 2.20 bits per heavy atom. The molecule has 1 fully saturated rings. The molecule has 138 valence electrons. The fourth-order valence-electron chi connectivity index (χ4n) is 3.32. The molecule has 1 saturated heterocycles. The van der Waals surface area contributed by atoms with Crippen molar-refractivity contribution in [2.75, 3.05) is 37.7 Å². The van der Waals surface area contributed by atoms with Crippen molar-refractivity contribution in [2.45, 2.75) is 26.2 Å². The summed E-state index contributed by atoms with van der Waals surface area (Å²) in [6, 6.07) is 7.64. The summed E-state index contributed by atoms with van der Waals surface area (Å²) in [7, 11) is 0. The molecule has 0 radical (unpaired) electrons. The SMILES string of the molecule is CC1CCCN(C(N)=NCCCN2C(=O)COc3ccccc32)C1.I. The highest BCUT2D eigenvalue weighted by Crippen LogP contribution is 2.31. The van der Waals surface area contributed by atoms with Crippen LogP contribution in [0.2, 0.25) is 0 Å². The van der Waals surface area contributed by atoms with Crippen LogP contribution >= 0.6 is 24.0 Å². The molecule has 2 aliphatic rings. The largest absolute Gasteiger partial charge is 0.482 e. The molecule has 0 bridgehead atoms. The monoisotopic (exact) mass is 458 g/mol. The Labute approximate surface area is 166 Å². The number of piperidine rings is 1. The topological polar surface area (TPSA) is 71.2 Å². The summed E-state index contributed by atoms with van der Waals surface area (Å²) in [4.78, 5) is 20.6. The van der Waals surface area contributed by atoms with Gasteiger partial charge in [0.15, 0.2) is 12.6 Å². The van der Waals surface area contributed by atoms with Crippen LogP contribution in [0.5, 0.6) is 5.75 Å². The zero-order valence-electron chi connectivity index (χ0n) is 14.7. The molecule has 6 nitrogen and oxygen atoms in total. The van der Waals surface area contributed by atoms with E-state index in [1.807, 2.05) is 24.3 Å². The van der Waals surface area contributed by atoms with Gasteiger partial charge in [-0.2, -0.15) is 0 Å². The van der Waals surface area contributed by atoms with Gasteiger partial charge < -0.3 is 20.3 Å². The van der Waals surface area contributed by atoms with E-state index in [1.54, 1.807) is 4.90 Å². The van der Waals surface area contributed by atoms with Crippen molar-refractivity contribution in [2.24, 2.45) is 16.6 Å². The van der Waals surface area contributed by atoms with E-state index >= 15 is 0 Å². The van der Waals surface area contributed by atoms with Gasteiger partial charge in [-0.1, -0.05) is 19.1 Å². The Morgan fingerprint density at radius 3 is 3.00 bits per heavy atom. The molecule has 25 heavy (non-hydrogen) atoms. The fourth-order valence-corrected chi connectivity index (χ4v) is 3.32. The summed E-state index contributed by atoms with van der Waals surface area (Å²) in [6.07, 6.45) is 3.23. The third-order valence-corrected chi connectivity index (χ3v) is 4.60. The highest BCUT2D eigenvalue weighted by molar-refractivity contribution is 14.0. The first-order chi connectivity index (χ1) is 11.6. The number of halogens is 1. The Morgan fingerprint density at radius 1 is 1.40 bits per heavy atom. The van der Waals surface area contributed by atoms with E-state index in [0.29, 0.717) is 25.0 Å². The standard InChI is InChI=1S/C18H26N4O2.HI/c1-14-6-4-10-21(12-14)18(19)20-9-5-11-22-15-7-2-3-8-16(15)24-13-17(22)23;/h2-3,7-8,14H,4-6,9-13H2,1H3,(H2,19,20);1H. The summed E-state index contributed by atoms with van der Waals surface area (Å²) >= 11 is 0. The fraction of sp³-hybridized carbons (Fsp3) is 0.556. The summed E-state index contributed by atoms with van der Waals surface area (Å²) in [6.45, 7) is 5.60. The van der Waals surface area contributed by atoms with Crippen molar-refractivity contribution < 1.29 is 9.53 Å². The lowest BCUT2D eigenvalue weighted by atomic mass is 10.0. The molecule has 1 aromatic carbocycles. The molecular formula is C18H27IN4O2. The maximum absolute atomic E-state index is 12.1. The van der Waals surface area contributed by atoms with Gasteiger partial charge in [-0.15, -0.1) is 24.0 Å². The van der Waals surface area contributed by atoms with Gasteiger partial charge in [0.1, 0.15) is 5.75 Å². The minimum atomic E-state index is -0.00416. The third-order valence-electron chi connectivity index (χ3n) is 4.60. The first-order valence-corrected chi connectivity index (χ1v) is 8.72. The van der Waals surface area contributed by atoms with Crippen molar-refractivity contribution in [1.82, 2.24) is 4.90 Å². The van der Waals surface area contributed by atoms with Crippen LogP contribution in [0.3, 0.4) is 0 Å². The molecule has 1 atom stereocenters. The maximum atomic E-state index is 12.1. The van der Waals surface area contributed by atoms with Gasteiger partial charge in [-0.05, 0) is 37.3 Å². The van der Waals surface area contributed by atoms with E-state index < -0.39 is 0 Å². The number of carbonyl (C=O) groups excluding carboxylic acids is 1. The molecule has 2 N–H and O–H groups in total. The Kier molecular flexibility index (Phi) is 7.34. The molecule has 0 spiro atoms. The highest BCUT2D eigenvalue weighted by Gasteiger charge is 2.24. The summed E-state index contributed by atoms with van der Waals surface area (Å²) < 4.78 is 5.45. The van der Waals surface area contributed by atoms with Gasteiger partial charge in [-0.25, -0.2) is 0 Å². The number of anilines is 1. The minimum absolute atomic E-state index is 0. The quantitative estimate of drug-likeness (QED) is 0.326. The maximum Gasteiger partial charge on any atom is 0.265 e. The zero-order chi connectivity index (χ0) is 16.9. The number of guanidine groups is 1. The average molecular weight is 458 g/mol. The molecule has 2 heterocycles. The van der Waals surface area contributed by atoms with Crippen molar-refractivity contribution in [3.8, 4) is 5.75 Å². The second-order valence-corrected chi connectivity index (χ2v) is 6.59. The van der Waals surface area contributed by atoms with Crippen LogP contribution < -0.4 is 15.4 Å². The van der Waals surface area contributed by atoms with Crippen LogP contribution in [0, 0.1) is 5.92 Å². The van der Waals surface area contributed by atoms with Crippen LogP contribution in [0.1, 0.15) is 26.2 Å². The lowest BCUT2D eigenvalue weighted by Gasteiger charge is -2.31. The van der Waals surface area contributed by atoms with Crippen molar-refractivity contribution >= 4 is 41.5 Å². The lowest BCUT2D eigenvalue weighted by molar-refractivity contribution is -0.121. The summed E-state index contributed by atoms with van der Waals surface area (Å²) in [5, 5.41) is 0. The number of fused-ring (bicyclic) bond motifs is 1. The van der Waals surface area contributed by atoms with Gasteiger partial charge >= 0.3 is 0 Å². The molecule has 2 aliphatic heterocycles. The average Bonchev–Trinajstić information content (AvgIpc) is 2.60. The van der Waals surface area contributed by atoms with Crippen LogP contribution in [-0.2, 0) is 4.79 Å².